The van der Waals surface area contributed by atoms with Gasteiger partial charge in [-0.3, -0.25) is 5.32 Å². The number of carbonyl (C=O) groups is 1. The lowest BCUT2D eigenvalue weighted by Gasteiger charge is -2.11. The summed E-state index contributed by atoms with van der Waals surface area (Å²) in [6, 6.07) is 14.8. The molecule has 0 saturated carbocycles. The van der Waals surface area contributed by atoms with Crippen molar-refractivity contribution in [3.63, 3.8) is 0 Å². The minimum atomic E-state index is -0.717. The number of aromatic nitrogens is 2. The summed E-state index contributed by atoms with van der Waals surface area (Å²) in [6.07, 6.45) is -1.31. The number of methoxy groups -OCH3 is 1. The summed E-state index contributed by atoms with van der Waals surface area (Å²) in [7, 11) is 1.28. The van der Waals surface area contributed by atoms with E-state index < -0.39 is 12.2 Å². The number of ether oxygens (including phenoxy) is 1. The highest BCUT2D eigenvalue weighted by Crippen LogP contribution is 2.25. The first-order valence-electron chi connectivity index (χ1n) is 6.75. The first-order chi connectivity index (χ1) is 10.7. The van der Waals surface area contributed by atoms with Gasteiger partial charge < -0.3 is 14.8 Å². The fourth-order valence-corrected chi connectivity index (χ4v) is 2.23. The average Bonchev–Trinajstić information content (AvgIpc) is 2.96. The van der Waals surface area contributed by atoms with E-state index in [1.807, 2.05) is 42.5 Å². The van der Waals surface area contributed by atoms with Crippen LogP contribution in [-0.4, -0.2) is 28.3 Å². The van der Waals surface area contributed by atoms with Gasteiger partial charge in [-0.05, 0) is 23.3 Å². The monoisotopic (exact) mass is 297 g/mol. The zero-order valence-corrected chi connectivity index (χ0v) is 11.9. The Bertz CT molecular complexity index is 799. The number of fused-ring (bicyclic) bond motifs is 1. The van der Waals surface area contributed by atoms with Crippen molar-refractivity contribution < 1.29 is 14.6 Å². The third-order valence-corrected chi connectivity index (χ3v) is 3.34. The van der Waals surface area contributed by atoms with Gasteiger partial charge in [0.2, 0.25) is 5.95 Å². The molecule has 0 fully saturated rings. The molecule has 0 bridgehead atoms. The van der Waals surface area contributed by atoms with Gasteiger partial charge in [0.1, 0.15) is 6.10 Å². The molecule has 22 heavy (non-hydrogen) atoms. The Morgan fingerprint density at radius 2 is 2.00 bits per heavy atom. The Morgan fingerprint density at radius 1 is 1.23 bits per heavy atom. The molecule has 0 aliphatic heterocycles. The topological polar surface area (TPSA) is 87.2 Å². The molecule has 3 aromatic rings. The molecular formula is C16H15N3O3. The second-order valence-electron chi connectivity index (χ2n) is 4.79. The van der Waals surface area contributed by atoms with Gasteiger partial charge in [0.25, 0.3) is 0 Å². The van der Waals surface area contributed by atoms with Crippen molar-refractivity contribution in [2.24, 2.45) is 0 Å². The van der Waals surface area contributed by atoms with Crippen LogP contribution in [0.3, 0.4) is 0 Å². The highest BCUT2D eigenvalue weighted by Gasteiger charge is 2.12. The second-order valence-corrected chi connectivity index (χ2v) is 4.79. The number of aliphatic hydroxyl groups is 1. The molecule has 6 heteroatoms. The molecule has 3 N–H and O–H groups in total. The molecule has 0 aliphatic carbocycles. The number of carbonyl (C=O) groups excluding carboxylic acids is 1. The number of nitrogens with one attached hydrogen (secondary N) is 2. The minimum absolute atomic E-state index is 0.299. The van der Waals surface area contributed by atoms with Crippen molar-refractivity contribution in [1.29, 1.82) is 0 Å². The Hall–Kier alpha value is -2.86. The van der Waals surface area contributed by atoms with Gasteiger partial charge in [0.15, 0.2) is 0 Å². The highest BCUT2D eigenvalue weighted by molar-refractivity contribution is 5.86. The maximum absolute atomic E-state index is 11.2. The van der Waals surface area contributed by atoms with Crippen LogP contribution in [0.15, 0.2) is 48.5 Å². The van der Waals surface area contributed by atoms with Crippen LogP contribution in [0.4, 0.5) is 10.7 Å². The van der Waals surface area contributed by atoms with Crippen LogP contribution in [0.1, 0.15) is 17.2 Å². The van der Waals surface area contributed by atoms with Crippen molar-refractivity contribution in [3.8, 4) is 0 Å². The molecule has 0 spiro atoms. The fourth-order valence-electron chi connectivity index (χ4n) is 2.23. The largest absolute Gasteiger partial charge is 0.453 e. The molecule has 1 heterocycles. The lowest BCUT2D eigenvalue weighted by molar-refractivity contribution is 0.186. The van der Waals surface area contributed by atoms with Gasteiger partial charge in [0.05, 0.1) is 18.1 Å². The summed E-state index contributed by atoms with van der Waals surface area (Å²) in [5.41, 5.74) is 2.97. The number of benzene rings is 2. The molecule has 1 aromatic heterocycles. The van der Waals surface area contributed by atoms with Gasteiger partial charge in [-0.2, -0.15) is 0 Å². The van der Waals surface area contributed by atoms with Crippen molar-refractivity contribution >= 4 is 23.1 Å². The standard InChI is InChI=1S/C16H15N3O3/c1-22-16(21)19-15-17-12-8-7-11(9-13(12)18-15)14(20)10-5-3-2-4-6-10/h2-9,14,20H,1H3,(H2,17,18,19,21). The maximum atomic E-state index is 11.2. The van der Waals surface area contributed by atoms with E-state index in [9.17, 15) is 9.90 Å². The number of aromatic amines is 1. The van der Waals surface area contributed by atoms with E-state index in [1.165, 1.54) is 7.11 Å². The van der Waals surface area contributed by atoms with E-state index in [0.717, 1.165) is 16.6 Å². The van der Waals surface area contributed by atoms with Gasteiger partial charge in [-0.25, -0.2) is 9.78 Å². The van der Waals surface area contributed by atoms with E-state index in [-0.39, 0.29) is 0 Å². The molecule has 0 aliphatic rings. The van der Waals surface area contributed by atoms with Gasteiger partial charge in [-0.1, -0.05) is 36.4 Å². The molecule has 1 amide bonds. The summed E-state index contributed by atoms with van der Waals surface area (Å²) in [5.74, 6) is 0.299. The summed E-state index contributed by atoms with van der Waals surface area (Å²) < 4.78 is 4.52. The van der Waals surface area contributed by atoms with Crippen LogP contribution in [-0.2, 0) is 4.74 Å². The van der Waals surface area contributed by atoms with E-state index in [1.54, 1.807) is 6.07 Å². The van der Waals surface area contributed by atoms with Crippen LogP contribution in [0.25, 0.3) is 11.0 Å². The number of H-pyrrole nitrogens is 1. The van der Waals surface area contributed by atoms with Crippen molar-refractivity contribution in [2.75, 3.05) is 12.4 Å². The first-order valence-corrected chi connectivity index (χ1v) is 6.75. The number of nitrogens with zero attached hydrogens (tertiary/aromatic N) is 1. The zero-order chi connectivity index (χ0) is 15.5. The van der Waals surface area contributed by atoms with Gasteiger partial charge in [-0.15, -0.1) is 0 Å². The molecule has 0 radical (unpaired) electrons. The number of imidazole rings is 1. The summed E-state index contributed by atoms with van der Waals surface area (Å²) in [6.45, 7) is 0. The Morgan fingerprint density at radius 3 is 2.73 bits per heavy atom. The molecule has 0 saturated heterocycles. The number of hydrogen-bond acceptors (Lipinski definition) is 4. The normalized spacial score (nSPS) is 12.1. The third kappa shape index (κ3) is 2.77. The van der Waals surface area contributed by atoms with Crippen LogP contribution < -0.4 is 5.32 Å². The van der Waals surface area contributed by atoms with Gasteiger partial charge >= 0.3 is 6.09 Å². The minimum Gasteiger partial charge on any atom is -0.453 e. The van der Waals surface area contributed by atoms with Crippen molar-refractivity contribution in [3.05, 3.63) is 59.7 Å². The third-order valence-electron chi connectivity index (χ3n) is 3.34. The smallest absolute Gasteiger partial charge is 0.413 e. The van der Waals surface area contributed by atoms with Crippen molar-refractivity contribution in [2.45, 2.75) is 6.10 Å². The lowest BCUT2D eigenvalue weighted by atomic mass is 10.0. The molecule has 112 valence electrons. The van der Waals surface area contributed by atoms with E-state index in [0.29, 0.717) is 11.5 Å². The Labute approximate surface area is 126 Å². The molecule has 2 aromatic carbocycles. The summed E-state index contributed by atoms with van der Waals surface area (Å²) in [5, 5.41) is 12.9. The number of hydrogen-bond donors (Lipinski definition) is 3. The summed E-state index contributed by atoms with van der Waals surface area (Å²) >= 11 is 0. The van der Waals surface area contributed by atoms with E-state index >= 15 is 0 Å². The summed E-state index contributed by atoms with van der Waals surface area (Å²) in [4.78, 5) is 18.4. The zero-order valence-electron chi connectivity index (χ0n) is 11.9. The molecule has 1 atom stereocenters. The van der Waals surface area contributed by atoms with E-state index in [4.69, 9.17) is 0 Å². The molecule has 6 nitrogen and oxygen atoms in total. The van der Waals surface area contributed by atoms with E-state index in [2.05, 4.69) is 20.0 Å². The predicted molar refractivity (Wildman–Crippen MR) is 82.6 cm³/mol. The average molecular weight is 297 g/mol. The van der Waals surface area contributed by atoms with Crippen LogP contribution in [0.5, 0.6) is 0 Å². The maximum Gasteiger partial charge on any atom is 0.413 e. The number of anilines is 1. The molecule has 3 rings (SSSR count). The van der Waals surface area contributed by atoms with Crippen LogP contribution >= 0.6 is 0 Å². The molecular weight excluding hydrogens is 282 g/mol. The van der Waals surface area contributed by atoms with Gasteiger partial charge in [0, 0.05) is 0 Å². The first kappa shape index (κ1) is 14.1. The second kappa shape index (κ2) is 5.87. The Balaban J connectivity index is 1.91. The van der Waals surface area contributed by atoms with Crippen LogP contribution in [0, 0.1) is 0 Å². The predicted octanol–water partition coefficient (Wildman–Crippen LogP) is 2.82. The highest BCUT2D eigenvalue weighted by atomic mass is 16.5. The quantitative estimate of drug-likeness (QED) is 0.693. The molecule has 1 unspecified atom stereocenters. The Kier molecular flexibility index (Phi) is 3.76. The van der Waals surface area contributed by atoms with Crippen molar-refractivity contribution in [1.82, 2.24) is 9.97 Å². The number of aliphatic hydroxyl groups excluding tert-OH is 1. The fraction of sp³-hybridized carbons (Fsp3) is 0.125. The number of rotatable bonds is 3. The lowest BCUT2D eigenvalue weighted by Crippen LogP contribution is -2.11. The van der Waals surface area contributed by atoms with Crippen LogP contribution in [0.2, 0.25) is 0 Å². The number of amides is 1. The SMILES string of the molecule is COC(=O)Nc1nc2ccc(C(O)c3ccccc3)cc2[nH]1.